The van der Waals surface area contributed by atoms with E-state index in [9.17, 15) is 14.9 Å². The van der Waals surface area contributed by atoms with Crippen LogP contribution in [-0.2, 0) is 0 Å². The van der Waals surface area contributed by atoms with Gasteiger partial charge in [-0.3, -0.25) is 14.9 Å². The molecule has 2 N–H and O–H groups in total. The van der Waals surface area contributed by atoms with E-state index in [2.05, 4.69) is 5.32 Å². The fourth-order valence-electron chi connectivity index (χ4n) is 1.73. The number of hydrogen-bond acceptors (Lipinski definition) is 4. The van der Waals surface area contributed by atoms with Crippen molar-refractivity contribution in [3.63, 3.8) is 0 Å². The van der Waals surface area contributed by atoms with E-state index in [1.54, 1.807) is 0 Å². The number of nitro groups is 1. The summed E-state index contributed by atoms with van der Waals surface area (Å²) < 4.78 is 0. The molecule has 1 aromatic carbocycles. The number of nitrogens with one attached hydrogen (secondary N) is 1. The van der Waals surface area contributed by atoms with Crippen molar-refractivity contribution in [3.05, 3.63) is 37.9 Å². The van der Waals surface area contributed by atoms with Crippen LogP contribution in [0, 0.1) is 10.1 Å². The van der Waals surface area contributed by atoms with Crippen LogP contribution in [0.25, 0.3) is 0 Å². The molecule has 0 bridgehead atoms. The fraction of sp³-hybridized carbons (Fsp3) is 0.462. The van der Waals surface area contributed by atoms with E-state index in [4.69, 9.17) is 28.3 Å². The highest BCUT2D eigenvalue weighted by molar-refractivity contribution is 6.44. The standard InChI is InChI=1S/C13H16Cl2N2O4/c14-11-8-9(17(20)21)7-10(12(11)15)13(19)16-5-3-1-2-4-6-18/h7-8,18H,1-6H2,(H,16,19). The Bertz CT molecular complexity index is 523. The molecule has 0 saturated carbocycles. The largest absolute Gasteiger partial charge is 0.396 e. The average molecular weight is 335 g/mol. The molecule has 8 heteroatoms. The second-order valence-electron chi connectivity index (χ2n) is 4.44. The van der Waals surface area contributed by atoms with Gasteiger partial charge in [0.05, 0.1) is 20.5 Å². The van der Waals surface area contributed by atoms with Crippen LogP contribution in [0.15, 0.2) is 12.1 Å². The van der Waals surface area contributed by atoms with Crippen molar-refractivity contribution in [1.29, 1.82) is 0 Å². The summed E-state index contributed by atoms with van der Waals surface area (Å²) in [4.78, 5) is 22.1. The van der Waals surface area contributed by atoms with Crippen molar-refractivity contribution in [2.75, 3.05) is 13.2 Å². The lowest BCUT2D eigenvalue weighted by Crippen LogP contribution is -2.25. The van der Waals surface area contributed by atoms with Crippen LogP contribution in [-0.4, -0.2) is 29.1 Å². The maximum absolute atomic E-state index is 12.0. The normalized spacial score (nSPS) is 10.4. The van der Waals surface area contributed by atoms with E-state index in [-0.39, 0.29) is 27.9 Å². The average Bonchev–Trinajstić information content (AvgIpc) is 2.44. The molecule has 0 saturated heterocycles. The smallest absolute Gasteiger partial charge is 0.271 e. The third-order valence-electron chi connectivity index (χ3n) is 2.84. The summed E-state index contributed by atoms with van der Waals surface area (Å²) in [7, 11) is 0. The van der Waals surface area contributed by atoms with Gasteiger partial charge in [0.2, 0.25) is 0 Å². The number of carbonyl (C=O) groups excluding carboxylic acids is 1. The van der Waals surface area contributed by atoms with E-state index in [1.807, 2.05) is 0 Å². The molecule has 0 aliphatic carbocycles. The number of hydrogen-bond donors (Lipinski definition) is 2. The minimum Gasteiger partial charge on any atom is -0.396 e. The lowest BCUT2D eigenvalue weighted by Gasteiger charge is -2.08. The lowest BCUT2D eigenvalue weighted by molar-refractivity contribution is -0.384. The zero-order valence-electron chi connectivity index (χ0n) is 11.3. The summed E-state index contributed by atoms with van der Waals surface area (Å²) in [5, 5.41) is 22.0. The third kappa shape index (κ3) is 5.49. The number of rotatable bonds is 8. The molecule has 0 spiro atoms. The highest BCUT2D eigenvalue weighted by Gasteiger charge is 2.19. The number of carbonyl (C=O) groups is 1. The maximum atomic E-state index is 12.0. The molecule has 1 rings (SSSR count). The van der Waals surface area contributed by atoms with Crippen molar-refractivity contribution in [2.45, 2.75) is 25.7 Å². The first-order chi connectivity index (χ1) is 9.97. The summed E-state index contributed by atoms with van der Waals surface area (Å²) in [5.74, 6) is -0.493. The monoisotopic (exact) mass is 334 g/mol. The van der Waals surface area contributed by atoms with Gasteiger partial charge in [-0.15, -0.1) is 0 Å². The molecule has 116 valence electrons. The predicted molar refractivity (Wildman–Crippen MR) is 81.0 cm³/mol. The number of unbranched alkanes of at least 4 members (excludes halogenated alkanes) is 3. The summed E-state index contributed by atoms with van der Waals surface area (Å²) in [6.07, 6.45) is 3.26. The van der Waals surface area contributed by atoms with E-state index in [0.717, 1.165) is 37.8 Å². The quantitative estimate of drug-likeness (QED) is 0.433. The van der Waals surface area contributed by atoms with Crippen molar-refractivity contribution in [3.8, 4) is 0 Å². The first kappa shape index (κ1) is 17.7. The number of nitro benzene ring substituents is 1. The Morgan fingerprint density at radius 3 is 2.52 bits per heavy atom. The Balaban J connectivity index is 2.63. The van der Waals surface area contributed by atoms with Crippen molar-refractivity contribution >= 4 is 34.8 Å². The molecule has 21 heavy (non-hydrogen) atoms. The van der Waals surface area contributed by atoms with E-state index in [0.29, 0.717) is 6.54 Å². The number of non-ortho nitro benzene ring substituents is 1. The molecule has 0 unspecified atom stereocenters. The molecule has 0 aliphatic rings. The van der Waals surface area contributed by atoms with Gasteiger partial charge in [-0.2, -0.15) is 0 Å². The molecule has 0 fully saturated rings. The molecule has 6 nitrogen and oxygen atoms in total. The Morgan fingerprint density at radius 1 is 1.24 bits per heavy atom. The zero-order chi connectivity index (χ0) is 15.8. The van der Waals surface area contributed by atoms with Crippen LogP contribution in [0.4, 0.5) is 5.69 Å². The minimum atomic E-state index is -0.631. The Labute approximate surface area is 132 Å². The molecule has 1 amide bonds. The van der Waals surface area contributed by atoms with Gasteiger partial charge < -0.3 is 10.4 Å². The number of aliphatic hydroxyl groups is 1. The highest BCUT2D eigenvalue weighted by atomic mass is 35.5. The first-order valence-corrected chi connectivity index (χ1v) is 7.25. The van der Waals surface area contributed by atoms with Gasteiger partial charge in [0.25, 0.3) is 11.6 Å². The van der Waals surface area contributed by atoms with Gasteiger partial charge in [-0.25, -0.2) is 0 Å². The van der Waals surface area contributed by atoms with Crippen LogP contribution in [0.2, 0.25) is 10.0 Å². The van der Waals surface area contributed by atoms with Gasteiger partial charge >= 0.3 is 0 Å². The second-order valence-corrected chi connectivity index (χ2v) is 5.23. The van der Waals surface area contributed by atoms with E-state index in [1.165, 1.54) is 0 Å². The van der Waals surface area contributed by atoms with Crippen LogP contribution in [0.1, 0.15) is 36.0 Å². The van der Waals surface area contributed by atoms with Gasteiger partial charge in [0.1, 0.15) is 0 Å². The predicted octanol–water partition coefficient (Wildman–Crippen LogP) is 3.18. The number of benzene rings is 1. The summed E-state index contributed by atoms with van der Waals surface area (Å²) in [5.41, 5.74) is -0.288. The summed E-state index contributed by atoms with van der Waals surface area (Å²) in [6.45, 7) is 0.592. The van der Waals surface area contributed by atoms with Gasteiger partial charge in [-0.05, 0) is 12.8 Å². The number of nitrogens with zero attached hydrogens (tertiary/aromatic N) is 1. The Hall–Kier alpha value is -1.37. The van der Waals surface area contributed by atoms with Crippen LogP contribution < -0.4 is 5.32 Å². The molecule has 0 aliphatic heterocycles. The topological polar surface area (TPSA) is 92.5 Å². The molecule has 0 aromatic heterocycles. The highest BCUT2D eigenvalue weighted by Crippen LogP contribution is 2.30. The molecule has 0 atom stereocenters. The minimum absolute atomic E-state index is 0.0000437. The summed E-state index contributed by atoms with van der Waals surface area (Å²) >= 11 is 11.7. The maximum Gasteiger partial charge on any atom is 0.271 e. The van der Waals surface area contributed by atoms with Crippen molar-refractivity contribution in [1.82, 2.24) is 5.32 Å². The molecule has 0 radical (unpaired) electrons. The first-order valence-electron chi connectivity index (χ1n) is 6.50. The van der Waals surface area contributed by atoms with Crippen molar-refractivity contribution < 1.29 is 14.8 Å². The Kier molecular flexibility index (Phi) is 7.42. The van der Waals surface area contributed by atoms with Gasteiger partial charge in [0.15, 0.2) is 0 Å². The lowest BCUT2D eigenvalue weighted by atomic mass is 10.1. The number of aliphatic hydroxyl groups excluding tert-OH is 1. The van der Waals surface area contributed by atoms with Crippen LogP contribution >= 0.6 is 23.2 Å². The number of amides is 1. The van der Waals surface area contributed by atoms with Crippen molar-refractivity contribution in [2.24, 2.45) is 0 Å². The van der Waals surface area contributed by atoms with Gasteiger partial charge in [0, 0.05) is 25.3 Å². The zero-order valence-corrected chi connectivity index (χ0v) is 12.8. The van der Waals surface area contributed by atoms with E-state index < -0.39 is 10.8 Å². The third-order valence-corrected chi connectivity index (χ3v) is 3.64. The fourth-order valence-corrected chi connectivity index (χ4v) is 2.14. The SMILES string of the molecule is O=C(NCCCCCCO)c1cc([N+](=O)[O-])cc(Cl)c1Cl. The molecular formula is C13H16Cl2N2O4. The molecular weight excluding hydrogens is 319 g/mol. The Morgan fingerprint density at radius 2 is 1.90 bits per heavy atom. The molecule has 0 heterocycles. The van der Waals surface area contributed by atoms with Gasteiger partial charge in [-0.1, -0.05) is 36.0 Å². The molecule has 1 aromatic rings. The number of halogens is 2. The van der Waals surface area contributed by atoms with E-state index >= 15 is 0 Å². The van der Waals surface area contributed by atoms with Crippen LogP contribution in [0.5, 0.6) is 0 Å². The summed E-state index contributed by atoms with van der Waals surface area (Å²) in [6, 6.07) is 2.21. The van der Waals surface area contributed by atoms with Crippen LogP contribution in [0.3, 0.4) is 0 Å². The second kappa shape index (κ2) is 8.81.